The van der Waals surface area contributed by atoms with Crippen LogP contribution in [0.4, 0.5) is 0 Å². The van der Waals surface area contributed by atoms with E-state index in [0.29, 0.717) is 13.0 Å². The quantitative estimate of drug-likeness (QED) is 0.263. The number of rotatable bonds is 8. The first-order valence-corrected chi connectivity index (χ1v) is 20.0. The summed E-state index contributed by atoms with van der Waals surface area (Å²) in [5.41, 5.74) is -4.46. The molecule has 3 fully saturated rings. The predicted octanol–water partition coefficient (Wildman–Crippen LogP) is 2.47. The summed E-state index contributed by atoms with van der Waals surface area (Å²) in [4.78, 5) is 30.7. The van der Waals surface area contributed by atoms with E-state index in [4.69, 9.17) is 33.2 Å². The van der Waals surface area contributed by atoms with Gasteiger partial charge in [0.25, 0.3) is 0 Å². The van der Waals surface area contributed by atoms with E-state index >= 15 is 0 Å². The van der Waals surface area contributed by atoms with Crippen molar-refractivity contribution in [3.05, 3.63) is 0 Å². The SMILES string of the molecule is CC[C@H]1OC(=O)[C@H](C)[C@@H](O[C@H]2C[C@@](C)(OC)C(O)[C@H](C)O2)[C@H](C)[C@@H](O[C@@H]2O[C@H](C)C[C@H](N(C)C)[C@H]2OC(C)=O)[C@](C)(O)C[C@@H](C)N(C)C[C@H](C)[C@@H](O)[C@]1(C)O. The molecule has 18 atom stereocenters. The van der Waals surface area contributed by atoms with E-state index in [1.165, 1.54) is 21.0 Å². The van der Waals surface area contributed by atoms with Gasteiger partial charge in [0.1, 0.15) is 17.8 Å². The van der Waals surface area contributed by atoms with Gasteiger partial charge >= 0.3 is 11.9 Å². The maximum atomic E-state index is 14.3. The second kappa shape index (κ2) is 19.0. The molecule has 15 nitrogen and oxygen atoms in total. The third-order valence-electron chi connectivity index (χ3n) is 12.5. The highest BCUT2D eigenvalue weighted by Crippen LogP contribution is 2.40. The van der Waals surface area contributed by atoms with Crippen molar-refractivity contribution in [2.24, 2.45) is 17.8 Å². The first-order chi connectivity index (χ1) is 25.3. The summed E-state index contributed by atoms with van der Waals surface area (Å²) < 4.78 is 43.9. The standard InChI is InChI=1S/C40H74N2O13/c1-16-29-40(11,48)33(44)21(2)20-42(14)22(3)18-38(9,47)35(55-37-32(52-27(8)43)28(41(12)13)17-23(4)50-37)24(5)31(25(6)36(46)53-29)54-30-19-39(10,49-15)34(45)26(7)51-30/h21-26,28-35,37,44-45,47-48H,16-20H2,1-15H3/t21-,22+,23+,24-,25+,26-,28-,29+,30-,31-,32+,33+,34?,35+,37-,38+,39+,40+/m0/s1. The lowest BCUT2D eigenvalue weighted by atomic mass is 9.78. The number of likely N-dealkylation sites (N-methyl/N-ethyl adjacent to an activating group) is 1. The van der Waals surface area contributed by atoms with Crippen LogP contribution >= 0.6 is 0 Å². The number of hydrogen-bond acceptors (Lipinski definition) is 15. The van der Waals surface area contributed by atoms with Gasteiger partial charge in [-0.3, -0.25) is 9.59 Å². The molecule has 0 aromatic rings. The number of esters is 2. The van der Waals surface area contributed by atoms with Gasteiger partial charge in [-0.25, -0.2) is 0 Å². The fourth-order valence-electron chi connectivity index (χ4n) is 8.95. The monoisotopic (exact) mass is 791 g/mol. The largest absolute Gasteiger partial charge is 0.459 e. The van der Waals surface area contributed by atoms with Crippen LogP contribution in [-0.4, -0.2) is 167 Å². The Morgan fingerprint density at radius 2 is 1.58 bits per heavy atom. The fourth-order valence-corrected chi connectivity index (χ4v) is 8.95. The first-order valence-electron chi connectivity index (χ1n) is 20.0. The third-order valence-corrected chi connectivity index (χ3v) is 12.5. The Labute approximate surface area is 329 Å². The molecule has 0 saturated carbocycles. The topological polar surface area (TPSA) is 186 Å². The maximum absolute atomic E-state index is 14.3. The number of hydrogen-bond donors (Lipinski definition) is 4. The Morgan fingerprint density at radius 1 is 0.964 bits per heavy atom. The van der Waals surface area contributed by atoms with Crippen LogP contribution in [0.15, 0.2) is 0 Å². The Kier molecular flexibility index (Phi) is 16.6. The van der Waals surface area contributed by atoms with Gasteiger partial charge in [-0.2, -0.15) is 0 Å². The third kappa shape index (κ3) is 11.2. The summed E-state index contributed by atoms with van der Waals surface area (Å²) in [5, 5.41) is 46.9. The molecule has 55 heavy (non-hydrogen) atoms. The van der Waals surface area contributed by atoms with Crippen LogP contribution in [0.25, 0.3) is 0 Å². The molecule has 3 aliphatic rings. The summed E-state index contributed by atoms with van der Waals surface area (Å²) in [5.74, 6) is -3.49. The molecule has 0 amide bonds. The number of methoxy groups -OCH3 is 1. The molecule has 3 heterocycles. The van der Waals surface area contributed by atoms with Crippen molar-refractivity contribution < 1.29 is 63.2 Å². The Morgan fingerprint density at radius 3 is 2.13 bits per heavy atom. The summed E-state index contributed by atoms with van der Waals surface area (Å²) in [7, 11) is 7.17. The summed E-state index contributed by atoms with van der Waals surface area (Å²) in [6.45, 7) is 19.2. The predicted molar refractivity (Wildman–Crippen MR) is 204 cm³/mol. The van der Waals surface area contributed by atoms with Crippen LogP contribution in [0.3, 0.4) is 0 Å². The van der Waals surface area contributed by atoms with Gasteiger partial charge < -0.3 is 63.4 Å². The molecule has 3 saturated heterocycles. The molecule has 0 radical (unpaired) electrons. The van der Waals surface area contributed by atoms with Crippen molar-refractivity contribution in [2.45, 2.75) is 192 Å². The summed E-state index contributed by atoms with van der Waals surface area (Å²) in [6, 6.07) is -0.542. The Bertz CT molecular complexity index is 1250. The van der Waals surface area contributed by atoms with E-state index in [1.54, 1.807) is 34.6 Å². The van der Waals surface area contributed by atoms with Crippen LogP contribution in [0.1, 0.15) is 102 Å². The van der Waals surface area contributed by atoms with E-state index in [2.05, 4.69) is 0 Å². The van der Waals surface area contributed by atoms with Gasteiger partial charge in [0.05, 0.1) is 53.7 Å². The molecule has 322 valence electrons. The van der Waals surface area contributed by atoms with Crippen LogP contribution in [0.5, 0.6) is 0 Å². The molecule has 0 aromatic heterocycles. The lowest BCUT2D eigenvalue weighted by Crippen LogP contribution is -2.61. The number of ether oxygens (including phenoxy) is 7. The number of carbonyl (C=O) groups is 2. The van der Waals surface area contributed by atoms with E-state index in [0.717, 1.165) is 0 Å². The van der Waals surface area contributed by atoms with Crippen LogP contribution < -0.4 is 0 Å². The Hall–Kier alpha value is -1.50. The summed E-state index contributed by atoms with van der Waals surface area (Å²) in [6.07, 6.45) is -8.29. The molecular formula is C40H74N2O13. The number of carbonyl (C=O) groups excluding carboxylic acids is 2. The molecule has 15 heteroatoms. The molecule has 0 aliphatic carbocycles. The minimum Gasteiger partial charge on any atom is -0.459 e. The molecule has 3 rings (SSSR count). The average molecular weight is 791 g/mol. The second-order valence-electron chi connectivity index (χ2n) is 17.7. The fraction of sp³-hybridized carbons (Fsp3) is 0.950. The van der Waals surface area contributed by atoms with Crippen molar-refractivity contribution in [1.29, 1.82) is 0 Å². The van der Waals surface area contributed by atoms with Crippen molar-refractivity contribution >= 4 is 11.9 Å². The normalized spacial score (nSPS) is 47.4. The van der Waals surface area contributed by atoms with Gasteiger partial charge in [-0.15, -0.1) is 0 Å². The Balaban J connectivity index is 2.23. The summed E-state index contributed by atoms with van der Waals surface area (Å²) >= 11 is 0. The van der Waals surface area contributed by atoms with Crippen molar-refractivity contribution in [2.75, 3.05) is 34.8 Å². The smallest absolute Gasteiger partial charge is 0.311 e. The van der Waals surface area contributed by atoms with E-state index in [9.17, 15) is 30.0 Å². The van der Waals surface area contributed by atoms with Gasteiger partial charge in [0, 0.05) is 39.0 Å². The molecule has 0 bridgehead atoms. The zero-order chi connectivity index (χ0) is 42.0. The highest BCUT2D eigenvalue weighted by atomic mass is 16.7. The van der Waals surface area contributed by atoms with E-state index in [-0.39, 0.29) is 37.5 Å². The molecular weight excluding hydrogens is 716 g/mol. The highest BCUT2D eigenvalue weighted by molar-refractivity contribution is 5.73. The zero-order valence-corrected chi connectivity index (χ0v) is 36.1. The van der Waals surface area contributed by atoms with Gasteiger partial charge in [0.15, 0.2) is 18.7 Å². The van der Waals surface area contributed by atoms with Crippen molar-refractivity contribution in [3.8, 4) is 0 Å². The number of aliphatic hydroxyl groups is 4. The molecule has 4 N–H and O–H groups in total. The lowest BCUT2D eigenvalue weighted by molar-refractivity contribution is -0.318. The van der Waals surface area contributed by atoms with E-state index in [1.807, 2.05) is 58.6 Å². The zero-order valence-electron chi connectivity index (χ0n) is 36.1. The van der Waals surface area contributed by atoms with Crippen LogP contribution in [-0.2, 0) is 42.7 Å². The van der Waals surface area contributed by atoms with Gasteiger partial charge in [0.2, 0.25) is 0 Å². The minimum atomic E-state index is -1.80. The molecule has 3 aliphatic heterocycles. The number of cyclic esters (lactones) is 1. The number of nitrogens with zero attached hydrogens (tertiary/aromatic N) is 2. The average Bonchev–Trinajstić information content (AvgIpc) is 3.09. The first kappa shape index (κ1) is 47.9. The number of aliphatic hydroxyl groups excluding tert-OH is 2. The lowest BCUT2D eigenvalue weighted by Gasteiger charge is -2.49. The molecule has 0 aromatic carbocycles. The van der Waals surface area contributed by atoms with Gasteiger partial charge in [-0.1, -0.05) is 20.8 Å². The van der Waals surface area contributed by atoms with Crippen LogP contribution in [0, 0.1) is 17.8 Å². The van der Waals surface area contributed by atoms with Crippen molar-refractivity contribution in [3.63, 3.8) is 0 Å². The maximum Gasteiger partial charge on any atom is 0.311 e. The molecule has 0 spiro atoms. The van der Waals surface area contributed by atoms with E-state index < -0.39 is 102 Å². The van der Waals surface area contributed by atoms with Crippen molar-refractivity contribution in [1.82, 2.24) is 9.80 Å². The minimum absolute atomic E-state index is 0.113. The molecule has 1 unspecified atom stereocenters. The highest BCUT2D eigenvalue weighted by Gasteiger charge is 2.53. The second-order valence-corrected chi connectivity index (χ2v) is 17.7. The van der Waals surface area contributed by atoms with Gasteiger partial charge in [-0.05, 0) is 94.8 Å². The van der Waals surface area contributed by atoms with Crippen LogP contribution in [0.2, 0.25) is 0 Å².